The Bertz CT molecular complexity index is 1250. The van der Waals surface area contributed by atoms with Crippen molar-refractivity contribution < 1.29 is 33.2 Å². The molecule has 1 N–H and O–H groups in total. The summed E-state index contributed by atoms with van der Waals surface area (Å²) in [6.45, 7) is 0.982. The summed E-state index contributed by atoms with van der Waals surface area (Å²) in [7, 11) is 9.53. The summed E-state index contributed by atoms with van der Waals surface area (Å²) in [5.74, 6) is 3.48. The third-order valence-electron chi connectivity index (χ3n) is 6.20. The van der Waals surface area contributed by atoms with E-state index < -0.39 is 0 Å². The number of hydrogen-bond donors (Lipinski definition) is 1. The van der Waals surface area contributed by atoms with Crippen molar-refractivity contribution >= 4 is 22.4 Å². The van der Waals surface area contributed by atoms with Crippen LogP contribution in [0.25, 0.3) is 16.5 Å². The van der Waals surface area contributed by atoms with E-state index >= 15 is 0 Å². The van der Waals surface area contributed by atoms with Crippen LogP contribution in [0.5, 0.6) is 34.5 Å². The molecule has 0 atom stereocenters. The molecule has 35 heavy (non-hydrogen) atoms. The van der Waals surface area contributed by atoms with Crippen molar-refractivity contribution in [1.82, 2.24) is 9.88 Å². The van der Waals surface area contributed by atoms with Gasteiger partial charge in [0.15, 0.2) is 11.5 Å². The molecule has 9 nitrogen and oxygen atoms in total. The van der Waals surface area contributed by atoms with Crippen molar-refractivity contribution in [3.05, 3.63) is 41.6 Å². The maximum absolute atomic E-state index is 13.4. The maximum atomic E-state index is 13.4. The molecule has 0 spiro atoms. The second-order valence-electron chi connectivity index (χ2n) is 7.92. The van der Waals surface area contributed by atoms with Gasteiger partial charge in [-0.15, -0.1) is 0 Å². The molecule has 1 aliphatic heterocycles. The zero-order valence-corrected chi connectivity index (χ0v) is 20.8. The summed E-state index contributed by atoms with van der Waals surface area (Å²) in [5, 5.41) is 0.745. The number of carbonyl (C=O) groups excluding carboxylic acids is 1. The molecule has 0 unspecified atom stereocenters. The topological polar surface area (TPSA) is 91.5 Å². The Kier molecular flexibility index (Phi) is 6.95. The average molecular weight is 483 g/mol. The van der Waals surface area contributed by atoms with E-state index in [2.05, 4.69) is 4.98 Å². The monoisotopic (exact) mass is 482 g/mol. The van der Waals surface area contributed by atoms with E-state index in [1.165, 1.54) is 0 Å². The van der Waals surface area contributed by atoms with E-state index in [4.69, 9.17) is 28.4 Å². The van der Waals surface area contributed by atoms with Gasteiger partial charge in [0.05, 0.1) is 53.7 Å². The average Bonchev–Trinajstić information content (AvgIpc) is 3.36. The Morgan fingerprint density at radius 2 is 1.46 bits per heavy atom. The largest absolute Gasteiger partial charge is 0.496 e. The number of amides is 1. The number of carbonyl (C=O) groups is 1. The number of hydrogen-bond acceptors (Lipinski definition) is 7. The van der Waals surface area contributed by atoms with Crippen LogP contribution in [0.1, 0.15) is 22.5 Å². The summed E-state index contributed by atoms with van der Waals surface area (Å²) >= 11 is 0. The molecule has 0 saturated carbocycles. The first kappa shape index (κ1) is 24.1. The molecule has 2 aromatic carbocycles. The smallest absolute Gasteiger partial charge is 0.270 e. The van der Waals surface area contributed by atoms with Crippen molar-refractivity contribution in [2.75, 3.05) is 55.7 Å². The zero-order valence-electron chi connectivity index (χ0n) is 20.8. The second-order valence-corrected chi connectivity index (χ2v) is 7.92. The van der Waals surface area contributed by atoms with Crippen LogP contribution in [0.2, 0.25) is 0 Å². The van der Waals surface area contributed by atoms with Crippen LogP contribution in [0.3, 0.4) is 0 Å². The highest BCUT2D eigenvalue weighted by molar-refractivity contribution is 6.02. The Hall–Kier alpha value is -4.01. The normalized spacial score (nSPS) is 13.3. The van der Waals surface area contributed by atoms with Crippen molar-refractivity contribution in [3.63, 3.8) is 0 Å². The van der Waals surface area contributed by atoms with Gasteiger partial charge in [-0.1, -0.05) is 6.08 Å². The van der Waals surface area contributed by atoms with Gasteiger partial charge in [0, 0.05) is 36.7 Å². The van der Waals surface area contributed by atoms with Gasteiger partial charge in [0.25, 0.3) is 5.91 Å². The number of methoxy groups -OCH3 is 6. The molecule has 1 amide bonds. The van der Waals surface area contributed by atoms with E-state index in [-0.39, 0.29) is 5.91 Å². The molecule has 9 heteroatoms. The van der Waals surface area contributed by atoms with Gasteiger partial charge in [-0.05, 0) is 18.1 Å². The van der Waals surface area contributed by atoms with Crippen molar-refractivity contribution in [2.24, 2.45) is 0 Å². The van der Waals surface area contributed by atoms with Crippen LogP contribution in [0, 0.1) is 0 Å². The number of ether oxygens (including phenoxy) is 6. The lowest BCUT2D eigenvalue weighted by Crippen LogP contribution is -2.34. The molecule has 0 fully saturated rings. The molecule has 186 valence electrons. The Labute approximate surface area is 204 Å². The Morgan fingerprint density at radius 1 is 0.800 bits per heavy atom. The quantitative estimate of drug-likeness (QED) is 0.516. The van der Waals surface area contributed by atoms with Crippen LogP contribution in [0.15, 0.2) is 30.3 Å². The molecule has 1 aromatic heterocycles. The summed E-state index contributed by atoms with van der Waals surface area (Å²) in [5.41, 5.74) is 3.01. The highest BCUT2D eigenvalue weighted by atomic mass is 16.5. The first-order valence-electron chi connectivity index (χ1n) is 11.1. The number of rotatable bonds is 8. The molecule has 4 rings (SSSR count). The molecule has 2 heterocycles. The zero-order chi connectivity index (χ0) is 25.1. The van der Waals surface area contributed by atoms with Gasteiger partial charge in [-0.25, -0.2) is 0 Å². The number of H-pyrrole nitrogens is 1. The number of aromatic amines is 1. The molecule has 0 bridgehead atoms. The van der Waals surface area contributed by atoms with E-state index in [1.54, 1.807) is 59.7 Å². The number of nitrogens with zero attached hydrogens (tertiary/aromatic N) is 1. The molecule has 0 aliphatic carbocycles. The molecule has 1 aliphatic rings. The number of benzene rings is 2. The van der Waals surface area contributed by atoms with Crippen LogP contribution in [-0.4, -0.2) is 71.5 Å². The van der Waals surface area contributed by atoms with E-state index in [0.29, 0.717) is 65.2 Å². The standard InChI is InChI=1S/C26H30N2O7/c1-30-16-11-20(32-3)23(21(12-16)33-4)15-7-9-28(10-8-15)26(29)18-13-17-19(31-2)14-22(34-5)25(35-6)24(17)27-18/h7,11-14,27H,8-10H2,1-6H3. The fourth-order valence-electron chi connectivity index (χ4n) is 4.43. The fourth-order valence-corrected chi connectivity index (χ4v) is 4.43. The fraction of sp³-hybridized carbons (Fsp3) is 0.346. The summed E-state index contributed by atoms with van der Waals surface area (Å²) in [6.07, 6.45) is 2.67. The maximum Gasteiger partial charge on any atom is 0.270 e. The SMILES string of the molecule is COc1cc(OC)c(C2=CCN(C(=O)c3cc4c(OC)cc(OC)c(OC)c4[nH]3)CC2)c(OC)c1. The summed E-state index contributed by atoms with van der Waals surface area (Å²) in [6, 6.07) is 7.19. The van der Waals surface area contributed by atoms with Gasteiger partial charge >= 0.3 is 0 Å². The van der Waals surface area contributed by atoms with E-state index in [1.807, 2.05) is 18.2 Å². The summed E-state index contributed by atoms with van der Waals surface area (Å²) < 4.78 is 33.0. The first-order valence-corrected chi connectivity index (χ1v) is 11.1. The lowest BCUT2D eigenvalue weighted by molar-refractivity contribution is 0.0768. The number of nitrogens with one attached hydrogen (secondary N) is 1. The lowest BCUT2D eigenvalue weighted by Gasteiger charge is -2.27. The lowest BCUT2D eigenvalue weighted by atomic mass is 9.97. The van der Waals surface area contributed by atoms with Gasteiger partial charge in [0.1, 0.15) is 28.7 Å². The van der Waals surface area contributed by atoms with Crippen molar-refractivity contribution in [1.29, 1.82) is 0 Å². The van der Waals surface area contributed by atoms with Crippen LogP contribution in [0.4, 0.5) is 0 Å². The highest BCUT2D eigenvalue weighted by Gasteiger charge is 2.26. The number of fused-ring (bicyclic) bond motifs is 1. The van der Waals surface area contributed by atoms with Crippen molar-refractivity contribution in [2.45, 2.75) is 6.42 Å². The first-order chi connectivity index (χ1) is 17.0. The predicted molar refractivity (Wildman–Crippen MR) is 133 cm³/mol. The number of aromatic nitrogens is 1. The van der Waals surface area contributed by atoms with E-state index in [9.17, 15) is 4.79 Å². The minimum absolute atomic E-state index is 0.117. The highest BCUT2D eigenvalue weighted by Crippen LogP contribution is 2.43. The van der Waals surface area contributed by atoms with Gasteiger partial charge < -0.3 is 38.3 Å². The molecule has 0 radical (unpaired) electrons. The van der Waals surface area contributed by atoms with Gasteiger partial charge in [-0.3, -0.25) is 4.79 Å². The minimum Gasteiger partial charge on any atom is -0.496 e. The third-order valence-corrected chi connectivity index (χ3v) is 6.20. The van der Waals surface area contributed by atoms with E-state index in [0.717, 1.165) is 16.5 Å². The molecular weight excluding hydrogens is 452 g/mol. The Morgan fingerprint density at radius 3 is 1.97 bits per heavy atom. The van der Waals surface area contributed by atoms with Crippen LogP contribution < -0.4 is 28.4 Å². The third kappa shape index (κ3) is 4.29. The molecular formula is C26H30N2O7. The van der Waals surface area contributed by atoms with Gasteiger partial charge in [0.2, 0.25) is 0 Å². The van der Waals surface area contributed by atoms with Gasteiger partial charge in [-0.2, -0.15) is 0 Å². The van der Waals surface area contributed by atoms with Crippen LogP contribution in [-0.2, 0) is 0 Å². The summed E-state index contributed by atoms with van der Waals surface area (Å²) in [4.78, 5) is 18.4. The molecule has 3 aromatic rings. The minimum atomic E-state index is -0.117. The Balaban J connectivity index is 1.64. The molecule has 0 saturated heterocycles. The second kappa shape index (κ2) is 10.1. The van der Waals surface area contributed by atoms with Crippen LogP contribution >= 0.6 is 0 Å². The predicted octanol–water partition coefficient (Wildman–Crippen LogP) is 4.15. The van der Waals surface area contributed by atoms with Crippen molar-refractivity contribution in [3.8, 4) is 34.5 Å².